The lowest BCUT2D eigenvalue weighted by Gasteiger charge is -2.38. The Morgan fingerprint density at radius 1 is 0.941 bits per heavy atom. The van der Waals surface area contributed by atoms with Gasteiger partial charge in [-0.3, -0.25) is 9.59 Å². The van der Waals surface area contributed by atoms with Crippen LogP contribution in [0.4, 0.5) is 0 Å². The summed E-state index contributed by atoms with van der Waals surface area (Å²) >= 11 is 0. The smallest absolute Gasteiger partial charge is 0.324 e. The van der Waals surface area contributed by atoms with E-state index in [0.717, 1.165) is 6.42 Å². The third-order valence-corrected chi connectivity index (χ3v) is 5.45. The minimum Gasteiger partial charge on any atom is -0.392 e. The van der Waals surface area contributed by atoms with Crippen LogP contribution >= 0.6 is 0 Å². The normalized spacial score (nSPS) is 60.0. The number of esters is 2. The highest BCUT2D eigenvalue weighted by Gasteiger charge is 2.87. The first-order valence-electron chi connectivity index (χ1n) is 6.01. The molecule has 3 fully saturated rings. The van der Waals surface area contributed by atoms with Gasteiger partial charge in [0.05, 0.1) is 12.2 Å². The Morgan fingerprint density at radius 3 is 2.00 bits per heavy atom. The molecule has 17 heavy (non-hydrogen) atoms. The zero-order valence-electron chi connectivity index (χ0n) is 8.96. The molecule has 4 bridgehead atoms. The fourth-order valence-electron chi connectivity index (χ4n) is 4.98. The second kappa shape index (κ2) is 2.12. The van der Waals surface area contributed by atoms with Gasteiger partial charge in [0.2, 0.25) is 0 Å². The van der Waals surface area contributed by atoms with E-state index in [9.17, 15) is 9.59 Å². The highest BCUT2D eigenvalue weighted by atomic mass is 16.6. The van der Waals surface area contributed by atoms with Crippen LogP contribution in [0, 0.1) is 22.7 Å². The summed E-state index contributed by atoms with van der Waals surface area (Å²) in [6.45, 7) is 0. The average molecular weight is 230 g/mol. The van der Waals surface area contributed by atoms with E-state index < -0.39 is 10.8 Å². The summed E-state index contributed by atoms with van der Waals surface area (Å²) in [6.07, 6.45) is 8.34. The number of cyclic esters (lactones) is 2. The van der Waals surface area contributed by atoms with Gasteiger partial charge in [-0.25, -0.2) is 0 Å². The first kappa shape index (κ1) is 8.64. The molecule has 0 N–H and O–H groups in total. The number of carbonyl (C=O) groups excluding carboxylic acids is 2. The summed E-state index contributed by atoms with van der Waals surface area (Å²) in [7, 11) is 0. The monoisotopic (exact) mass is 230 g/mol. The van der Waals surface area contributed by atoms with Crippen LogP contribution in [-0.2, 0) is 19.1 Å². The molecule has 0 aromatic rings. The van der Waals surface area contributed by atoms with Gasteiger partial charge < -0.3 is 9.47 Å². The van der Waals surface area contributed by atoms with Crippen LogP contribution < -0.4 is 0 Å². The lowest BCUT2D eigenvalue weighted by atomic mass is 9.54. The van der Waals surface area contributed by atoms with Gasteiger partial charge in [0, 0.05) is 0 Å². The molecule has 6 atom stereocenters. The van der Waals surface area contributed by atoms with Gasteiger partial charge in [0.1, 0.15) is 10.8 Å². The van der Waals surface area contributed by atoms with Crippen LogP contribution in [0.2, 0.25) is 0 Å². The predicted molar refractivity (Wildman–Crippen MR) is 54.5 cm³/mol. The molecule has 3 heterocycles. The van der Waals surface area contributed by atoms with Crippen LogP contribution in [0.1, 0.15) is 6.42 Å². The van der Waals surface area contributed by atoms with Gasteiger partial charge in [0.25, 0.3) is 0 Å². The highest BCUT2D eigenvalue weighted by Crippen LogP contribution is 2.75. The number of allylic oxidation sites excluding steroid dienone is 2. The third-order valence-electron chi connectivity index (χ3n) is 5.45. The van der Waals surface area contributed by atoms with Crippen molar-refractivity contribution in [2.75, 3.05) is 0 Å². The molecule has 2 saturated heterocycles. The lowest BCUT2D eigenvalue weighted by molar-refractivity contribution is -0.161. The van der Waals surface area contributed by atoms with Crippen molar-refractivity contribution in [1.29, 1.82) is 0 Å². The first-order chi connectivity index (χ1) is 8.22. The summed E-state index contributed by atoms with van der Waals surface area (Å²) in [6, 6.07) is 0. The molecule has 5 aliphatic rings. The molecule has 0 aromatic heterocycles. The van der Waals surface area contributed by atoms with Crippen molar-refractivity contribution in [2.24, 2.45) is 22.7 Å². The van der Waals surface area contributed by atoms with E-state index in [1.165, 1.54) is 0 Å². The van der Waals surface area contributed by atoms with E-state index in [-0.39, 0.29) is 36.0 Å². The second-order valence-electron chi connectivity index (χ2n) is 5.61. The fourth-order valence-corrected chi connectivity index (χ4v) is 4.98. The fraction of sp³-hybridized carbons (Fsp3) is 0.538. The van der Waals surface area contributed by atoms with Crippen LogP contribution in [0.25, 0.3) is 0 Å². The molecule has 5 rings (SSSR count). The largest absolute Gasteiger partial charge is 0.392 e. The predicted octanol–water partition coefficient (Wildman–Crippen LogP) is 0.586. The summed E-state index contributed by atoms with van der Waals surface area (Å²) in [4.78, 5) is 24.5. The van der Waals surface area contributed by atoms with Gasteiger partial charge in [-0.1, -0.05) is 24.3 Å². The Balaban J connectivity index is 1.93. The number of ether oxygens (including phenoxy) is 2. The van der Waals surface area contributed by atoms with E-state index >= 15 is 0 Å². The van der Waals surface area contributed by atoms with E-state index in [0.29, 0.717) is 0 Å². The molecule has 2 aliphatic carbocycles. The molecule has 0 spiro atoms. The number of rotatable bonds is 0. The number of hydrogen-bond acceptors (Lipinski definition) is 4. The number of hydrogen-bond donors (Lipinski definition) is 0. The van der Waals surface area contributed by atoms with E-state index in [1.54, 1.807) is 0 Å². The molecule has 0 aromatic carbocycles. The van der Waals surface area contributed by atoms with E-state index in [1.807, 2.05) is 12.2 Å². The van der Waals surface area contributed by atoms with Gasteiger partial charge >= 0.3 is 11.9 Å². The minimum absolute atomic E-state index is 0.103. The lowest BCUT2D eigenvalue weighted by Crippen LogP contribution is -2.53. The number of carbonyl (C=O) groups is 2. The Labute approximate surface area is 97.3 Å². The quantitative estimate of drug-likeness (QED) is 0.347. The molecular formula is C13H10O4. The van der Waals surface area contributed by atoms with E-state index in [2.05, 4.69) is 12.2 Å². The maximum atomic E-state index is 12.3. The molecule has 3 aliphatic heterocycles. The van der Waals surface area contributed by atoms with Crippen LogP contribution in [0.3, 0.4) is 0 Å². The summed E-state index contributed by atoms with van der Waals surface area (Å²) < 4.78 is 10.8. The van der Waals surface area contributed by atoms with Crippen LogP contribution in [0.15, 0.2) is 24.3 Å². The first-order valence-corrected chi connectivity index (χ1v) is 6.01. The van der Waals surface area contributed by atoms with Crippen molar-refractivity contribution in [2.45, 2.75) is 18.6 Å². The molecule has 4 heteroatoms. The summed E-state index contributed by atoms with van der Waals surface area (Å²) in [5.74, 6) is -0.523. The Morgan fingerprint density at radius 2 is 1.47 bits per heavy atom. The summed E-state index contributed by atoms with van der Waals surface area (Å²) in [5, 5.41) is 0. The van der Waals surface area contributed by atoms with Crippen molar-refractivity contribution < 1.29 is 19.1 Å². The average Bonchev–Trinajstić information content (AvgIpc) is 3.04. The van der Waals surface area contributed by atoms with Gasteiger partial charge in [-0.05, 0) is 18.3 Å². The minimum atomic E-state index is -0.747. The van der Waals surface area contributed by atoms with E-state index in [4.69, 9.17) is 9.47 Å². The van der Waals surface area contributed by atoms with Crippen molar-refractivity contribution in [3.8, 4) is 0 Å². The maximum Gasteiger partial charge on any atom is 0.324 e. The molecular weight excluding hydrogens is 220 g/mol. The van der Waals surface area contributed by atoms with Crippen molar-refractivity contribution in [3.63, 3.8) is 0 Å². The summed E-state index contributed by atoms with van der Waals surface area (Å²) in [5.41, 5.74) is -1.49. The zero-order chi connectivity index (χ0) is 11.4. The van der Waals surface area contributed by atoms with Crippen molar-refractivity contribution >= 4 is 11.9 Å². The zero-order valence-corrected chi connectivity index (χ0v) is 8.96. The second-order valence-corrected chi connectivity index (χ2v) is 5.61. The molecule has 4 nitrogen and oxygen atoms in total. The number of fused-ring (bicyclic) bond motifs is 4. The maximum absolute atomic E-state index is 12.3. The molecule has 86 valence electrons. The molecule has 0 amide bonds. The molecule has 1 saturated carbocycles. The van der Waals surface area contributed by atoms with Crippen LogP contribution in [-0.4, -0.2) is 24.1 Å². The van der Waals surface area contributed by atoms with Crippen molar-refractivity contribution in [1.82, 2.24) is 0 Å². The van der Waals surface area contributed by atoms with Crippen molar-refractivity contribution in [3.05, 3.63) is 24.3 Å². The Kier molecular flexibility index (Phi) is 1.08. The SMILES string of the molecule is O=C1OC(=O)[C@@]23[C@@H]4C=C[C@@H](C4)[C@@]12[C@@H]1C=C[C@H]3O1. The molecule has 0 unspecified atom stereocenters. The highest BCUT2D eigenvalue weighted by molar-refractivity contribution is 6.06. The molecule has 0 radical (unpaired) electrons. The Hall–Kier alpha value is -1.42. The van der Waals surface area contributed by atoms with Crippen LogP contribution in [0.5, 0.6) is 0 Å². The topological polar surface area (TPSA) is 52.6 Å². The van der Waals surface area contributed by atoms with Gasteiger partial charge in [-0.15, -0.1) is 0 Å². The van der Waals surface area contributed by atoms with Gasteiger partial charge in [0.15, 0.2) is 0 Å². The Bertz CT molecular complexity index is 472. The standard InChI is InChI=1S/C13H10O4/c14-10-12-6-1-2-7(5-6)13(12,11(15)17-10)9-4-3-8(12)16-9/h1-4,6-9H,5H2/t6-,7+,8-,9+,12+,13-. The van der Waals surface area contributed by atoms with Gasteiger partial charge in [-0.2, -0.15) is 0 Å². The third kappa shape index (κ3) is 0.537.